The van der Waals surface area contributed by atoms with Gasteiger partial charge in [0.05, 0.1) is 39.9 Å². The quantitative estimate of drug-likeness (QED) is 0.0410. The Morgan fingerprint density at radius 3 is 1.83 bits per heavy atom. The highest BCUT2D eigenvalue weighted by Crippen LogP contribution is 2.38. The molecule has 0 aromatic carbocycles. The first kappa shape index (κ1) is 40.2. The number of amides is 1. The first-order chi connectivity index (χ1) is 19.5. The molecule has 3 unspecified atom stereocenters. The summed E-state index contributed by atoms with van der Waals surface area (Å²) in [5.74, 6) is -0.206. The highest BCUT2D eigenvalue weighted by molar-refractivity contribution is 7.45. The van der Waals surface area contributed by atoms with Crippen LogP contribution in [0.1, 0.15) is 136 Å². The lowest BCUT2D eigenvalue weighted by Crippen LogP contribution is -2.45. The number of phosphoric acid groups is 1. The highest BCUT2D eigenvalue weighted by atomic mass is 31.2. The van der Waals surface area contributed by atoms with Crippen LogP contribution in [0.25, 0.3) is 0 Å². The molecule has 3 atom stereocenters. The second-order valence-corrected chi connectivity index (χ2v) is 13.9. The van der Waals surface area contributed by atoms with E-state index in [0.29, 0.717) is 17.4 Å². The lowest BCUT2D eigenvalue weighted by molar-refractivity contribution is -0.870. The summed E-state index contributed by atoms with van der Waals surface area (Å²) in [5, 5.41) is 13.6. The maximum absolute atomic E-state index is 12.6. The Labute approximate surface area is 252 Å². The predicted octanol–water partition coefficient (Wildman–Crippen LogP) is 7.05. The van der Waals surface area contributed by atoms with E-state index in [1.165, 1.54) is 77.0 Å². The molecule has 41 heavy (non-hydrogen) atoms. The van der Waals surface area contributed by atoms with Gasteiger partial charge in [0, 0.05) is 6.42 Å². The lowest BCUT2D eigenvalue weighted by Gasteiger charge is -2.29. The van der Waals surface area contributed by atoms with Gasteiger partial charge in [-0.2, -0.15) is 0 Å². The van der Waals surface area contributed by atoms with Crippen molar-refractivity contribution < 1.29 is 32.9 Å². The van der Waals surface area contributed by atoms with Gasteiger partial charge in [-0.1, -0.05) is 122 Å². The Morgan fingerprint density at radius 1 is 0.829 bits per heavy atom. The number of nitrogens with zero attached hydrogens (tertiary/aromatic N) is 1. The summed E-state index contributed by atoms with van der Waals surface area (Å²) < 4.78 is 22.9. The second kappa shape index (κ2) is 25.7. The average Bonchev–Trinajstić information content (AvgIpc) is 2.90. The fourth-order valence-electron chi connectivity index (χ4n) is 4.50. The molecule has 0 saturated heterocycles. The molecular formula is C32H65N2O6P. The fourth-order valence-corrected chi connectivity index (χ4v) is 5.22. The van der Waals surface area contributed by atoms with Crippen LogP contribution in [0.2, 0.25) is 0 Å². The number of carbonyl (C=O) groups excluding carboxylic acids is 1. The molecule has 0 saturated carbocycles. The van der Waals surface area contributed by atoms with E-state index < -0.39 is 20.0 Å². The van der Waals surface area contributed by atoms with E-state index in [1.807, 2.05) is 27.2 Å². The van der Waals surface area contributed by atoms with Gasteiger partial charge in [-0.25, -0.2) is 0 Å². The molecule has 8 nitrogen and oxygen atoms in total. The maximum atomic E-state index is 12.6. The molecule has 0 radical (unpaired) electrons. The van der Waals surface area contributed by atoms with Crippen molar-refractivity contribution in [1.82, 2.24) is 5.32 Å². The molecule has 0 bridgehead atoms. The Hall–Kier alpha value is -0.760. The van der Waals surface area contributed by atoms with Crippen LogP contribution >= 0.6 is 7.82 Å². The van der Waals surface area contributed by atoms with Gasteiger partial charge in [0.2, 0.25) is 5.91 Å². The summed E-state index contributed by atoms with van der Waals surface area (Å²) in [6.45, 7) is 4.56. The van der Waals surface area contributed by atoms with Crippen LogP contribution in [0.4, 0.5) is 0 Å². The summed E-state index contributed by atoms with van der Waals surface area (Å²) in [6, 6.07) is -0.875. The van der Waals surface area contributed by atoms with Crippen molar-refractivity contribution in [1.29, 1.82) is 0 Å². The molecule has 0 aromatic rings. The number of unbranched alkanes of at least 4 members (excludes halogenated alkanes) is 16. The zero-order valence-electron chi connectivity index (χ0n) is 27.2. The molecule has 0 aliphatic carbocycles. The number of aliphatic hydroxyl groups excluding tert-OH is 1. The number of aliphatic hydroxyl groups is 1. The van der Waals surface area contributed by atoms with E-state index in [4.69, 9.17) is 9.05 Å². The lowest BCUT2D eigenvalue weighted by atomic mass is 10.1. The molecule has 0 rings (SSSR count). The Bertz CT molecular complexity index is 698. The molecule has 244 valence electrons. The number of hydrogen-bond donors (Lipinski definition) is 2. The number of nitrogens with one attached hydrogen (secondary N) is 1. The first-order valence-corrected chi connectivity index (χ1v) is 18.0. The van der Waals surface area contributed by atoms with E-state index in [0.717, 1.165) is 38.5 Å². The van der Waals surface area contributed by atoms with Crippen LogP contribution in [0.5, 0.6) is 0 Å². The summed E-state index contributed by atoms with van der Waals surface area (Å²) in [4.78, 5) is 24.9. The number of allylic oxidation sites excluding steroid dienone is 1. The number of quaternary nitrogens is 1. The molecule has 9 heteroatoms. The number of phosphoric ester groups is 1. The molecule has 0 aliphatic heterocycles. The largest absolute Gasteiger partial charge is 0.756 e. The minimum absolute atomic E-state index is 0.000937. The zero-order valence-corrected chi connectivity index (χ0v) is 28.1. The third kappa shape index (κ3) is 27.8. The molecule has 0 heterocycles. The smallest absolute Gasteiger partial charge is 0.268 e. The van der Waals surface area contributed by atoms with Crippen molar-refractivity contribution in [2.75, 3.05) is 40.9 Å². The molecule has 0 fully saturated rings. The molecule has 0 aliphatic rings. The number of likely N-dealkylation sites (N-methyl/N-ethyl adjacent to an activating group) is 1. The summed E-state index contributed by atoms with van der Waals surface area (Å²) in [6.07, 6.45) is 24.0. The normalized spacial score (nSPS) is 15.2. The van der Waals surface area contributed by atoms with Gasteiger partial charge in [0.25, 0.3) is 7.82 Å². The molecular weight excluding hydrogens is 539 g/mol. The van der Waals surface area contributed by atoms with Gasteiger partial charge < -0.3 is 28.8 Å². The minimum Gasteiger partial charge on any atom is -0.756 e. The number of hydrogen-bond acceptors (Lipinski definition) is 6. The van der Waals surface area contributed by atoms with Crippen molar-refractivity contribution in [3.8, 4) is 0 Å². The highest BCUT2D eigenvalue weighted by Gasteiger charge is 2.23. The fraction of sp³-hybridized carbons (Fsp3) is 0.906. The van der Waals surface area contributed by atoms with E-state index in [1.54, 1.807) is 6.08 Å². The standard InChI is InChI=1S/C32H65N2O6P/c1-6-8-10-12-14-16-17-18-19-21-23-25-31(35)30(29-40-41(37,38)39-28-27-34(3,4)5)33-32(36)26-24-22-20-15-13-11-9-7-2/h23,25,30-31,35H,6-22,24,26-29H2,1-5H3,(H-,33,36,37,38)/b25-23+. The van der Waals surface area contributed by atoms with Crippen LogP contribution in [-0.2, 0) is 18.4 Å². The van der Waals surface area contributed by atoms with Crippen molar-refractivity contribution >= 4 is 13.7 Å². The average molecular weight is 605 g/mol. The Balaban J connectivity index is 4.65. The van der Waals surface area contributed by atoms with Gasteiger partial charge in [-0.3, -0.25) is 9.36 Å². The Kier molecular flexibility index (Phi) is 25.2. The molecule has 2 N–H and O–H groups in total. The van der Waals surface area contributed by atoms with Gasteiger partial charge in [0.15, 0.2) is 0 Å². The molecule has 0 spiro atoms. The Morgan fingerprint density at radius 2 is 1.32 bits per heavy atom. The SMILES string of the molecule is CCCCCCCCCCC/C=C/C(O)C(COP(=O)([O-])OCC[N+](C)(C)C)NC(=O)CCCCCCCCCC. The third-order valence-corrected chi connectivity index (χ3v) is 8.21. The minimum atomic E-state index is -4.56. The monoisotopic (exact) mass is 604 g/mol. The van der Waals surface area contributed by atoms with Crippen molar-refractivity contribution in [2.45, 2.75) is 148 Å². The molecule has 0 aromatic heterocycles. The second-order valence-electron chi connectivity index (χ2n) is 12.5. The van der Waals surface area contributed by atoms with Crippen molar-refractivity contribution in [2.24, 2.45) is 0 Å². The topological polar surface area (TPSA) is 108 Å². The molecule has 1 amide bonds. The van der Waals surface area contributed by atoms with Crippen molar-refractivity contribution in [3.05, 3.63) is 12.2 Å². The van der Waals surface area contributed by atoms with Gasteiger partial charge >= 0.3 is 0 Å². The van der Waals surface area contributed by atoms with E-state index >= 15 is 0 Å². The summed E-state index contributed by atoms with van der Waals surface area (Å²) in [5.41, 5.74) is 0. The zero-order chi connectivity index (χ0) is 30.8. The third-order valence-electron chi connectivity index (χ3n) is 7.25. The van der Waals surface area contributed by atoms with E-state index in [-0.39, 0.29) is 19.1 Å². The number of rotatable bonds is 29. The van der Waals surface area contributed by atoms with E-state index in [2.05, 4.69) is 19.2 Å². The van der Waals surface area contributed by atoms with Gasteiger partial charge in [-0.05, 0) is 19.3 Å². The summed E-state index contributed by atoms with van der Waals surface area (Å²) in [7, 11) is 1.26. The summed E-state index contributed by atoms with van der Waals surface area (Å²) >= 11 is 0. The maximum Gasteiger partial charge on any atom is 0.268 e. The van der Waals surface area contributed by atoms with Crippen LogP contribution in [0.3, 0.4) is 0 Å². The van der Waals surface area contributed by atoms with Crippen LogP contribution < -0.4 is 10.2 Å². The van der Waals surface area contributed by atoms with Gasteiger partial charge in [0.1, 0.15) is 13.2 Å². The van der Waals surface area contributed by atoms with Crippen LogP contribution in [-0.4, -0.2) is 68.5 Å². The van der Waals surface area contributed by atoms with E-state index in [9.17, 15) is 19.4 Å². The van der Waals surface area contributed by atoms with Crippen LogP contribution in [0.15, 0.2) is 12.2 Å². The predicted molar refractivity (Wildman–Crippen MR) is 169 cm³/mol. The first-order valence-electron chi connectivity index (χ1n) is 16.6. The van der Waals surface area contributed by atoms with Crippen LogP contribution in [0, 0.1) is 0 Å². The van der Waals surface area contributed by atoms with Gasteiger partial charge in [-0.15, -0.1) is 0 Å². The number of carbonyl (C=O) groups is 1. The van der Waals surface area contributed by atoms with Crippen molar-refractivity contribution in [3.63, 3.8) is 0 Å².